The van der Waals surface area contributed by atoms with Gasteiger partial charge in [-0.2, -0.15) is 0 Å². The molecule has 30 heavy (non-hydrogen) atoms. The standard InChI is InChI=1S/C25H26IN3O/c26-21-13-11-19(12-14-21)16-24(30)29-25-22(15-18-7-3-1-4-8-18)28-23(17-27-25)20-9-5-2-6-10-20/h2,5-6,9-14,17-18H,1,3-4,7-8,15-16H2,(H,27,29,30). The second kappa shape index (κ2) is 10.2. The lowest BCUT2D eigenvalue weighted by atomic mass is 9.86. The molecule has 0 spiro atoms. The second-order valence-electron chi connectivity index (χ2n) is 7.98. The van der Waals surface area contributed by atoms with Crippen molar-refractivity contribution < 1.29 is 4.79 Å². The Balaban J connectivity index is 1.55. The lowest BCUT2D eigenvalue weighted by Crippen LogP contribution is -2.19. The predicted octanol–water partition coefficient (Wildman–Crippen LogP) is 6.05. The summed E-state index contributed by atoms with van der Waals surface area (Å²) in [6.45, 7) is 0. The van der Waals surface area contributed by atoms with Crippen molar-refractivity contribution in [3.8, 4) is 11.3 Å². The summed E-state index contributed by atoms with van der Waals surface area (Å²) in [5.41, 5.74) is 3.80. The van der Waals surface area contributed by atoms with Gasteiger partial charge in [0.2, 0.25) is 5.91 Å². The quantitative estimate of drug-likeness (QED) is 0.410. The first-order valence-corrected chi connectivity index (χ1v) is 11.7. The molecule has 154 valence electrons. The molecule has 0 aliphatic heterocycles. The normalized spacial score (nSPS) is 14.4. The maximum atomic E-state index is 12.7. The van der Waals surface area contributed by atoms with E-state index in [1.807, 2.05) is 54.6 Å². The summed E-state index contributed by atoms with van der Waals surface area (Å²) in [6.07, 6.45) is 9.32. The van der Waals surface area contributed by atoms with E-state index in [2.05, 4.69) is 32.9 Å². The van der Waals surface area contributed by atoms with Crippen LogP contribution >= 0.6 is 22.6 Å². The van der Waals surface area contributed by atoms with Crippen molar-refractivity contribution in [2.75, 3.05) is 5.32 Å². The molecule has 1 N–H and O–H groups in total. The van der Waals surface area contributed by atoms with Crippen LogP contribution in [0.4, 0.5) is 5.82 Å². The zero-order valence-corrected chi connectivity index (χ0v) is 19.1. The molecule has 1 amide bonds. The zero-order valence-electron chi connectivity index (χ0n) is 17.0. The largest absolute Gasteiger partial charge is 0.309 e. The van der Waals surface area contributed by atoms with Gasteiger partial charge in [-0.1, -0.05) is 74.6 Å². The number of amides is 1. The third kappa shape index (κ3) is 5.65. The average Bonchev–Trinajstić information content (AvgIpc) is 2.78. The number of anilines is 1. The fourth-order valence-corrected chi connectivity index (χ4v) is 4.41. The van der Waals surface area contributed by atoms with Crippen LogP contribution in [0.2, 0.25) is 0 Å². The highest BCUT2D eigenvalue weighted by Crippen LogP contribution is 2.29. The molecular formula is C25H26IN3O. The Morgan fingerprint density at radius 2 is 1.73 bits per heavy atom. The van der Waals surface area contributed by atoms with E-state index in [0.29, 0.717) is 18.2 Å². The Kier molecular flexibility index (Phi) is 7.10. The van der Waals surface area contributed by atoms with Crippen LogP contribution in [0.15, 0.2) is 60.8 Å². The van der Waals surface area contributed by atoms with Gasteiger partial charge < -0.3 is 5.32 Å². The monoisotopic (exact) mass is 511 g/mol. The van der Waals surface area contributed by atoms with Crippen LogP contribution in [0.1, 0.15) is 43.4 Å². The van der Waals surface area contributed by atoms with E-state index in [9.17, 15) is 4.79 Å². The number of carbonyl (C=O) groups is 1. The molecule has 0 radical (unpaired) electrons. The van der Waals surface area contributed by atoms with Crippen molar-refractivity contribution in [1.29, 1.82) is 0 Å². The van der Waals surface area contributed by atoms with Gasteiger partial charge in [-0.3, -0.25) is 4.79 Å². The molecule has 2 aromatic carbocycles. The minimum Gasteiger partial charge on any atom is -0.309 e. The summed E-state index contributed by atoms with van der Waals surface area (Å²) < 4.78 is 1.16. The van der Waals surface area contributed by atoms with Gasteiger partial charge in [0.05, 0.1) is 24.0 Å². The molecule has 1 heterocycles. The maximum absolute atomic E-state index is 12.7. The summed E-state index contributed by atoms with van der Waals surface area (Å²) in [6, 6.07) is 18.1. The van der Waals surface area contributed by atoms with Crippen LogP contribution in [-0.4, -0.2) is 15.9 Å². The van der Waals surface area contributed by atoms with Crippen molar-refractivity contribution in [1.82, 2.24) is 9.97 Å². The van der Waals surface area contributed by atoms with E-state index >= 15 is 0 Å². The van der Waals surface area contributed by atoms with E-state index in [-0.39, 0.29) is 5.91 Å². The number of nitrogens with one attached hydrogen (secondary N) is 1. The van der Waals surface area contributed by atoms with Gasteiger partial charge in [-0.25, -0.2) is 9.97 Å². The molecule has 4 nitrogen and oxygen atoms in total. The number of hydrogen-bond acceptors (Lipinski definition) is 3. The Hall–Kier alpha value is -2.28. The summed E-state index contributed by atoms with van der Waals surface area (Å²) in [5.74, 6) is 1.17. The van der Waals surface area contributed by atoms with Crippen molar-refractivity contribution in [3.05, 3.63) is 75.6 Å². The zero-order chi connectivity index (χ0) is 20.8. The Labute approximate surface area is 191 Å². The number of nitrogens with zero attached hydrogens (tertiary/aromatic N) is 2. The molecule has 3 aromatic rings. The number of hydrogen-bond donors (Lipinski definition) is 1. The minimum atomic E-state index is -0.0529. The van der Waals surface area contributed by atoms with E-state index < -0.39 is 0 Å². The van der Waals surface area contributed by atoms with Gasteiger partial charge in [0.1, 0.15) is 0 Å². The Bertz CT molecular complexity index is 983. The molecule has 1 saturated carbocycles. The van der Waals surface area contributed by atoms with Gasteiger partial charge >= 0.3 is 0 Å². The fourth-order valence-electron chi connectivity index (χ4n) is 4.05. The number of halogens is 1. The van der Waals surface area contributed by atoms with Gasteiger partial charge in [0, 0.05) is 9.13 Å². The van der Waals surface area contributed by atoms with E-state index in [1.165, 1.54) is 32.1 Å². The molecule has 0 unspecified atom stereocenters. The minimum absolute atomic E-state index is 0.0529. The number of carbonyl (C=O) groups excluding carboxylic acids is 1. The molecule has 1 fully saturated rings. The molecule has 1 aromatic heterocycles. The summed E-state index contributed by atoms with van der Waals surface area (Å²) in [5, 5.41) is 3.03. The molecule has 5 heteroatoms. The van der Waals surface area contributed by atoms with Gasteiger partial charge in [-0.15, -0.1) is 0 Å². The first kappa shape index (κ1) is 21.0. The van der Waals surface area contributed by atoms with Crippen LogP contribution in [0.25, 0.3) is 11.3 Å². The van der Waals surface area contributed by atoms with Crippen LogP contribution in [0, 0.1) is 9.49 Å². The SMILES string of the molecule is O=C(Cc1ccc(I)cc1)Nc1ncc(-c2ccccc2)nc1CC1CCCCC1. The lowest BCUT2D eigenvalue weighted by molar-refractivity contribution is -0.115. The topological polar surface area (TPSA) is 54.9 Å². The molecule has 1 aliphatic rings. The van der Waals surface area contributed by atoms with Crippen molar-refractivity contribution in [2.24, 2.45) is 5.92 Å². The van der Waals surface area contributed by atoms with Gasteiger partial charge in [-0.05, 0) is 52.6 Å². The molecule has 4 rings (SSSR count). The summed E-state index contributed by atoms with van der Waals surface area (Å²) in [4.78, 5) is 22.2. The van der Waals surface area contributed by atoms with Crippen molar-refractivity contribution in [3.63, 3.8) is 0 Å². The van der Waals surface area contributed by atoms with Crippen LogP contribution in [0.5, 0.6) is 0 Å². The first-order valence-electron chi connectivity index (χ1n) is 10.6. The maximum Gasteiger partial charge on any atom is 0.229 e. The Morgan fingerprint density at radius 1 is 1.00 bits per heavy atom. The first-order chi connectivity index (χ1) is 14.7. The number of aromatic nitrogens is 2. The van der Waals surface area contributed by atoms with Crippen LogP contribution in [-0.2, 0) is 17.6 Å². The smallest absolute Gasteiger partial charge is 0.229 e. The lowest BCUT2D eigenvalue weighted by Gasteiger charge is -2.22. The molecule has 0 atom stereocenters. The average molecular weight is 511 g/mol. The highest BCUT2D eigenvalue weighted by molar-refractivity contribution is 14.1. The molecule has 0 saturated heterocycles. The van der Waals surface area contributed by atoms with E-state index in [0.717, 1.165) is 32.5 Å². The molecular weight excluding hydrogens is 485 g/mol. The van der Waals surface area contributed by atoms with Gasteiger partial charge in [0.25, 0.3) is 0 Å². The van der Waals surface area contributed by atoms with Crippen LogP contribution in [0.3, 0.4) is 0 Å². The second-order valence-corrected chi connectivity index (χ2v) is 9.22. The van der Waals surface area contributed by atoms with Gasteiger partial charge in [0.15, 0.2) is 5.82 Å². The molecule has 1 aliphatic carbocycles. The predicted molar refractivity (Wildman–Crippen MR) is 129 cm³/mol. The summed E-state index contributed by atoms with van der Waals surface area (Å²) >= 11 is 2.27. The highest BCUT2D eigenvalue weighted by Gasteiger charge is 2.19. The number of benzene rings is 2. The molecule has 0 bridgehead atoms. The fraction of sp³-hybridized carbons (Fsp3) is 0.320. The summed E-state index contributed by atoms with van der Waals surface area (Å²) in [7, 11) is 0. The third-order valence-electron chi connectivity index (χ3n) is 5.66. The van der Waals surface area contributed by atoms with Crippen LogP contribution < -0.4 is 5.32 Å². The van der Waals surface area contributed by atoms with E-state index in [1.54, 1.807) is 6.20 Å². The number of rotatable bonds is 6. The third-order valence-corrected chi connectivity index (χ3v) is 6.38. The van der Waals surface area contributed by atoms with E-state index in [4.69, 9.17) is 4.98 Å². The van der Waals surface area contributed by atoms with Crippen molar-refractivity contribution in [2.45, 2.75) is 44.9 Å². The highest BCUT2D eigenvalue weighted by atomic mass is 127. The Morgan fingerprint density at radius 3 is 2.47 bits per heavy atom. The van der Waals surface area contributed by atoms with Crippen molar-refractivity contribution >= 4 is 34.3 Å².